The lowest BCUT2D eigenvalue weighted by atomic mass is 10.1. The van der Waals surface area contributed by atoms with Gasteiger partial charge in [0.1, 0.15) is 13.2 Å². The first-order valence-electron chi connectivity index (χ1n) is 9.91. The van der Waals surface area contributed by atoms with E-state index in [4.69, 9.17) is 15.2 Å². The minimum absolute atomic E-state index is 0.0547. The van der Waals surface area contributed by atoms with Gasteiger partial charge in [-0.15, -0.1) is 0 Å². The third-order valence-electron chi connectivity index (χ3n) is 5.45. The van der Waals surface area contributed by atoms with Crippen LogP contribution in [-0.4, -0.2) is 36.2 Å². The summed E-state index contributed by atoms with van der Waals surface area (Å²) in [5, 5.41) is 0. The summed E-state index contributed by atoms with van der Waals surface area (Å²) in [7, 11) is -7.74. The molecule has 0 aromatic heterocycles. The largest absolute Gasteiger partial charge is 0.486 e. The van der Waals surface area contributed by atoms with Crippen LogP contribution < -0.4 is 19.5 Å². The second-order valence-electron chi connectivity index (χ2n) is 7.48. The van der Waals surface area contributed by atoms with Crippen molar-refractivity contribution in [1.29, 1.82) is 0 Å². The van der Waals surface area contributed by atoms with E-state index in [-0.39, 0.29) is 21.1 Å². The molecule has 0 amide bonds. The van der Waals surface area contributed by atoms with E-state index < -0.39 is 26.0 Å². The first-order chi connectivity index (χ1) is 15.3. The van der Waals surface area contributed by atoms with Crippen LogP contribution in [0.4, 0.5) is 5.69 Å². The van der Waals surface area contributed by atoms with E-state index in [9.17, 15) is 16.8 Å². The van der Waals surface area contributed by atoms with Gasteiger partial charge in [-0.3, -0.25) is 0 Å². The van der Waals surface area contributed by atoms with Crippen molar-refractivity contribution in [2.75, 3.05) is 17.5 Å². The highest BCUT2D eigenvalue weighted by atomic mass is 32.2. The van der Waals surface area contributed by atoms with Crippen molar-refractivity contribution in [2.24, 2.45) is 5.73 Å². The molecule has 0 spiro atoms. The molecule has 0 radical (unpaired) electrons. The molecule has 2 aliphatic rings. The second-order valence-corrected chi connectivity index (χ2v) is 11.2. The maximum absolute atomic E-state index is 13.2. The number of nitrogens with two attached hydrogens (primary N) is 1. The van der Waals surface area contributed by atoms with Gasteiger partial charge in [0.25, 0.3) is 10.0 Å². The molecule has 0 saturated carbocycles. The Morgan fingerprint density at radius 1 is 0.781 bits per heavy atom. The SMILES string of the molecule is NC1Cc2cc(S(=O)(=O)c3ccc4c(c3)OCCO4)ccc2N1S(=O)(=O)c1ccccc1. The Kier molecular flexibility index (Phi) is 4.88. The standard InChI is InChI=1S/C22H20N2O6S2/c23-22-13-15-12-17(31(25,26)18-7-9-20-21(14-18)30-11-10-29-20)6-8-19(15)24(22)32(27,28)16-4-2-1-3-5-16/h1-9,12,14,22H,10-11,13,23H2. The highest BCUT2D eigenvalue weighted by Crippen LogP contribution is 2.39. The molecule has 0 fully saturated rings. The maximum Gasteiger partial charge on any atom is 0.265 e. The Morgan fingerprint density at radius 2 is 1.44 bits per heavy atom. The van der Waals surface area contributed by atoms with E-state index in [1.807, 2.05) is 0 Å². The first-order valence-corrected chi connectivity index (χ1v) is 12.8. The predicted molar refractivity (Wildman–Crippen MR) is 117 cm³/mol. The molecule has 2 N–H and O–H groups in total. The summed E-state index contributed by atoms with van der Waals surface area (Å²) in [6, 6.07) is 16.9. The van der Waals surface area contributed by atoms with Crippen LogP contribution in [0.3, 0.4) is 0 Å². The molecular formula is C22H20N2O6S2. The number of ether oxygens (including phenoxy) is 2. The van der Waals surface area contributed by atoms with Crippen LogP contribution in [0.1, 0.15) is 5.56 Å². The summed E-state index contributed by atoms with van der Waals surface area (Å²) in [5.74, 6) is 0.873. The average molecular weight is 473 g/mol. The van der Waals surface area contributed by atoms with E-state index in [1.165, 1.54) is 42.5 Å². The minimum atomic E-state index is -3.88. The molecule has 2 aliphatic heterocycles. The van der Waals surface area contributed by atoms with E-state index in [2.05, 4.69) is 0 Å². The van der Waals surface area contributed by atoms with Crippen LogP contribution in [0.15, 0.2) is 81.4 Å². The van der Waals surface area contributed by atoms with Crippen molar-refractivity contribution in [1.82, 2.24) is 0 Å². The highest BCUT2D eigenvalue weighted by Gasteiger charge is 2.37. The zero-order valence-electron chi connectivity index (χ0n) is 16.8. The lowest BCUT2D eigenvalue weighted by Crippen LogP contribution is -2.43. The summed E-state index contributed by atoms with van der Waals surface area (Å²) in [5.41, 5.74) is 7.09. The molecular weight excluding hydrogens is 452 g/mol. The van der Waals surface area contributed by atoms with Gasteiger partial charge in [0, 0.05) is 12.5 Å². The number of fused-ring (bicyclic) bond motifs is 2. The highest BCUT2D eigenvalue weighted by molar-refractivity contribution is 7.93. The molecule has 1 atom stereocenters. The van der Waals surface area contributed by atoms with E-state index >= 15 is 0 Å². The van der Waals surface area contributed by atoms with Gasteiger partial charge in [0.05, 0.1) is 26.5 Å². The summed E-state index contributed by atoms with van der Waals surface area (Å²) < 4.78 is 64.9. The summed E-state index contributed by atoms with van der Waals surface area (Å²) >= 11 is 0. The smallest absolute Gasteiger partial charge is 0.265 e. The van der Waals surface area contributed by atoms with Crippen LogP contribution in [0.5, 0.6) is 11.5 Å². The van der Waals surface area contributed by atoms with Crippen molar-refractivity contribution < 1.29 is 26.3 Å². The fourth-order valence-corrected chi connectivity index (χ4v) is 6.86. The summed E-state index contributed by atoms with van der Waals surface area (Å²) in [4.78, 5) is 0.244. The minimum Gasteiger partial charge on any atom is -0.486 e. The van der Waals surface area contributed by atoms with Gasteiger partial charge in [-0.2, -0.15) is 0 Å². The number of benzene rings is 3. The Balaban J connectivity index is 1.53. The third-order valence-corrected chi connectivity index (χ3v) is 9.06. The number of hydrogen-bond acceptors (Lipinski definition) is 7. The molecule has 1 unspecified atom stereocenters. The Hall–Kier alpha value is -3.08. The molecule has 3 aromatic rings. The van der Waals surface area contributed by atoms with Crippen LogP contribution in [0, 0.1) is 0 Å². The van der Waals surface area contributed by atoms with Crippen LogP contribution in [-0.2, 0) is 26.3 Å². The van der Waals surface area contributed by atoms with E-state index in [0.717, 1.165) is 4.31 Å². The van der Waals surface area contributed by atoms with Crippen molar-refractivity contribution in [3.63, 3.8) is 0 Å². The van der Waals surface area contributed by atoms with Gasteiger partial charge >= 0.3 is 0 Å². The Morgan fingerprint density at radius 3 is 2.19 bits per heavy atom. The van der Waals surface area contributed by atoms with Crippen molar-refractivity contribution in [2.45, 2.75) is 27.3 Å². The molecule has 0 aliphatic carbocycles. The van der Waals surface area contributed by atoms with Gasteiger partial charge in [0.2, 0.25) is 9.84 Å². The Bertz CT molecular complexity index is 1410. The van der Waals surface area contributed by atoms with Crippen LogP contribution in [0.25, 0.3) is 0 Å². The number of rotatable bonds is 4. The molecule has 0 bridgehead atoms. The molecule has 166 valence electrons. The quantitative estimate of drug-likeness (QED) is 0.619. The molecule has 5 rings (SSSR count). The fraction of sp³-hybridized carbons (Fsp3) is 0.182. The molecule has 8 nitrogen and oxygen atoms in total. The van der Waals surface area contributed by atoms with Gasteiger partial charge in [-0.05, 0) is 48.0 Å². The molecule has 3 aromatic carbocycles. The Labute approximate surface area is 186 Å². The van der Waals surface area contributed by atoms with Gasteiger partial charge in [0.15, 0.2) is 11.5 Å². The lowest BCUT2D eigenvalue weighted by Gasteiger charge is -2.24. The average Bonchev–Trinajstić information content (AvgIpc) is 3.15. The summed E-state index contributed by atoms with van der Waals surface area (Å²) in [6.07, 6.45) is -0.631. The fourth-order valence-electron chi connectivity index (χ4n) is 3.94. The normalized spacial score (nSPS) is 17.8. The van der Waals surface area contributed by atoms with Gasteiger partial charge < -0.3 is 15.2 Å². The molecule has 32 heavy (non-hydrogen) atoms. The van der Waals surface area contributed by atoms with Crippen LogP contribution in [0.2, 0.25) is 0 Å². The van der Waals surface area contributed by atoms with E-state index in [1.54, 1.807) is 24.3 Å². The zero-order valence-corrected chi connectivity index (χ0v) is 18.5. The number of hydrogen-bond donors (Lipinski definition) is 1. The number of nitrogens with zero attached hydrogens (tertiary/aromatic N) is 1. The van der Waals surface area contributed by atoms with Crippen molar-refractivity contribution >= 4 is 25.5 Å². The topological polar surface area (TPSA) is 116 Å². The molecule has 0 saturated heterocycles. The van der Waals surface area contributed by atoms with E-state index in [0.29, 0.717) is 36.0 Å². The third kappa shape index (κ3) is 3.31. The van der Waals surface area contributed by atoms with Gasteiger partial charge in [-0.25, -0.2) is 21.1 Å². The first kappa shape index (κ1) is 20.8. The zero-order chi connectivity index (χ0) is 22.5. The second kappa shape index (κ2) is 7.51. The molecule has 2 heterocycles. The number of sulfone groups is 1. The monoisotopic (exact) mass is 472 g/mol. The number of anilines is 1. The predicted octanol–water partition coefficient (Wildman–Crippen LogP) is 2.33. The van der Waals surface area contributed by atoms with Crippen molar-refractivity contribution in [3.8, 4) is 11.5 Å². The van der Waals surface area contributed by atoms with Gasteiger partial charge in [-0.1, -0.05) is 18.2 Å². The maximum atomic E-state index is 13.2. The number of sulfonamides is 1. The van der Waals surface area contributed by atoms with Crippen LogP contribution >= 0.6 is 0 Å². The van der Waals surface area contributed by atoms with Crippen molar-refractivity contribution in [3.05, 3.63) is 72.3 Å². The molecule has 10 heteroatoms. The lowest BCUT2D eigenvalue weighted by molar-refractivity contribution is 0.171. The summed E-state index contributed by atoms with van der Waals surface area (Å²) in [6.45, 7) is 0.755.